The van der Waals surface area contributed by atoms with Gasteiger partial charge < -0.3 is 4.74 Å². The third-order valence-electron chi connectivity index (χ3n) is 1.49. The van der Waals surface area contributed by atoms with Crippen LogP contribution in [0.15, 0.2) is 12.2 Å². The Balaban J connectivity index is 3.63. The van der Waals surface area contributed by atoms with Crippen LogP contribution < -0.4 is 0 Å². The number of rotatable bonds is 4. The van der Waals surface area contributed by atoms with Crippen molar-refractivity contribution in [1.82, 2.24) is 0 Å². The van der Waals surface area contributed by atoms with Crippen molar-refractivity contribution < 1.29 is 9.53 Å². The predicted molar refractivity (Wildman–Crippen MR) is 45.2 cm³/mol. The number of carbonyl (C=O) groups excluding carboxylic acids is 1. The summed E-state index contributed by atoms with van der Waals surface area (Å²) in [4.78, 5) is 10.8. The molecule has 0 aromatic carbocycles. The van der Waals surface area contributed by atoms with E-state index >= 15 is 0 Å². The van der Waals surface area contributed by atoms with Crippen molar-refractivity contribution in [2.24, 2.45) is 5.92 Å². The minimum atomic E-state index is -0.243. The zero-order valence-corrected chi connectivity index (χ0v) is 7.46. The van der Waals surface area contributed by atoms with Gasteiger partial charge >= 0.3 is 5.97 Å². The second-order valence-electron chi connectivity index (χ2n) is 2.50. The van der Waals surface area contributed by atoms with Crippen LogP contribution in [0, 0.1) is 5.92 Å². The van der Waals surface area contributed by atoms with Crippen molar-refractivity contribution >= 4 is 5.97 Å². The fourth-order valence-corrected chi connectivity index (χ4v) is 0.569. The van der Waals surface area contributed by atoms with Crippen LogP contribution in [0.25, 0.3) is 0 Å². The summed E-state index contributed by atoms with van der Waals surface area (Å²) in [7, 11) is 0. The van der Waals surface area contributed by atoms with Gasteiger partial charge in [0.1, 0.15) is 0 Å². The van der Waals surface area contributed by atoms with E-state index in [-0.39, 0.29) is 5.97 Å². The van der Waals surface area contributed by atoms with E-state index in [1.165, 1.54) is 6.08 Å². The summed E-state index contributed by atoms with van der Waals surface area (Å²) >= 11 is 0. The van der Waals surface area contributed by atoms with E-state index < -0.39 is 0 Å². The summed E-state index contributed by atoms with van der Waals surface area (Å²) in [6.45, 7) is 6.40. The van der Waals surface area contributed by atoms with Crippen LogP contribution in [-0.2, 0) is 9.53 Å². The summed E-state index contributed by atoms with van der Waals surface area (Å²) in [6.07, 6.45) is 4.42. The molecule has 0 aliphatic carbocycles. The van der Waals surface area contributed by atoms with Gasteiger partial charge in [-0.25, -0.2) is 4.79 Å². The van der Waals surface area contributed by atoms with Gasteiger partial charge in [-0.2, -0.15) is 0 Å². The Morgan fingerprint density at radius 1 is 1.55 bits per heavy atom. The number of hydrogen-bond donors (Lipinski definition) is 0. The van der Waals surface area contributed by atoms with E-state index in [0.29, 0.717) is 12.5 Å². The van der Waals surface area contributed by atoms with Crippen molar-refractivity contribution in [1.29, 1.82) is 0 Å². The largest absolute Gasteiger partial charge is 0.463 e. The van der Waals surface area contributed by atoms with Gasteiger partial charge in [-0.05, 0) is 12.8 Å². The van der Waals surface area contributed by atoms with Crippen molar-refractivity contribution in [3.05, 3.63) is 12.2 Å². The van der Waals surface area contributed by atoms with Gasteiger partial charge in [0.2, 0.25) is 0 Å². The summed E-state index contributed by atoms with van der Waals surface area (Å²) < 4.78 is 4.71. The van der Waals surface area contributed by atoms with Gasteiger partial charge in [0.05, 0.1) is 6.61 Å². The summed E-state index contributed by atoms with van der Waals surface area (Å²) in [5.41, 5.74) is 0. The number of allylic oxidation sites excluding steroid dienone is 1. The highest BCUT2D eigenvalue weighted by molar-refractivity contribution is 5.81. The SMILES string of the molecule is CCOC(=O)C=CC(C)CC. The molecule has 0 rings (SSSR count). The Morgan fingerprint density at radius 2 is 2.18 bits per heavy atom. The number of carbonyl (C=O) groups is 1. The molecule has 0 aromatic heterocycles. The Kier molecular flexibility index (Phi) is 5.53. The second-order valence-corrected chi connectivity index (χ2v) is 2.50. The molecule has 0 amide bonds. The molecule has 64 valence electrons. The molecule has 0 radical (unpaired) electrons. The van der Waals surface area contributed by atoms with Gasteiger partial charge in [0, 0.05) is 6.08 Å². The van der Waals surface area contributed by atoms with Gasteiger partial charge in [-0.3, -0.25) is 0 Å². The normalized spacial score (nSPS) is 13.4. The number of esters is 1. The maximum absolute atomic E-state index is 10.8. The summed E-state index contributed by atoms with van der Waals surface area (Å²) in [5.74, 6) is 0.215. The van der Waals surface area contributed by atoms with Crippen LogP contribution in [0.1, 0.15) is 27.2 Å². The molecule has 1 atom stereocenters. The molecular formula is C9H16O2. The Bertz CT molecular complexity index is 138. The Hall–Kier alpha value is -0.790. The lowest BCUT2D eigenvalue weighted by atomic mass is 10.1. The van der Waals surface area contributed by atoms with E-state index in [1.54, 1.807) is 6.92 Å². The first-order chi connectivity index (χ1) is 5.20. The maximum Gasteiger partial charge on any atom is 0.330 e. The zero-order chi connectivity index (χ0) is 8.69. The highest BCUT2D eigenvalue weighted by Gasteiger charge is 1.95. The average Bonchev–Trinajstić information content (AvgIpc) is 2.01. The van der Waals surface area contributed by atoms with Crippen LogP contribution in [0.2, 0.25) is 0 Å². The monoisotopic (exact) mass is 156 g/mol. The van der Waals surface area contributed by atoms with Gasteiger partial charge in [0.25, 0.3) is 0 Å². The van der Waals surface area contributed by atoms with Crippen molar-refractivity contribution in [3.8, 4) is 0 Å². The molecule has 0 heterocycles. The molecule has 2 heteroatoms. The lowest BCUT2D eigenvalue weighted by Crippen LogP contribution is -1.99. The number of ether oxygens (including phenoxy) is 1. The molecule has 0 aromatic rings. The molecule has 1 unspecified atom stereocenters. The van der Waals surface area contributed by atoms with E-state index in [0.717, 1.165) is 6.42 Å². The molecule has 0 saturated carbocycles. The van der Waals surface area contributed by atoms with Crippen molar-refractivity contribution in [3.63, 3.8) is 0 Å². The van der Waals surface area contributed by atoms with Gasteiger partial charge in [0.15, 0.2) is 0 Å². The second kappa shape index (κ2) is 5.96. The van der Waals surface area contributed by atoms with Crippen LogP contribution in [-0.4, -0.2) is 12.6 Å². The molecule has 0 aliphatic heterocycles. The van der Waals surface area contributed by atoms with Crippen LogP contribution in [0.5, 0.6) is 0 Å². The lowest BCUT2D eigenvalue weighted by molar-refractivity contribution is -0.137. The lowest BCUT2D eigenvalue weighted by Gasteiger charge is -1.99. The highest BCUT2D eigenvalue weighted by atomic mass is 16.5. The summed E-state index contributed by atoms with van der Waals surface area (Å²) in [6, 6.07) is 0. The number of hydrogen-bond acceptors (Lipinski definition) is 2. The minimum absolute atomic E-state index is 0.243. The standard InChI is InChI=1S/C9H16O2/c1-4-8(3)6-7-9(10)11-5-2/h6-8H,4-5H2,1-3H3. The molecule has 0 saturated heterocycles. The third kappa shape index (κ3) is 5.64. The molecule has 0 N–H and O–H groups in total. The van der Waals surface area contributed by atoms with E-state index in [4.69, 9.17) is 4.74 Å². The highest BCUT2D eigenvalue weighted by Crippen LogP contribution is 2.01. The molecule has 0 bridgehead atoms. The van der Waals surface area contributed by atoms with E-state index in [9.17, 15) is 4.79 Å². The first kappa shape index (κ1) is 10.2. The third-order valence-corrected chi connectivity index (χ3v) is 1.49. The summed E-state index contributed by atoms with van der Waals surface area (Å²) in [5, 5.41) is 0. The fraction of sp³-hybridized carbons (Fsp3) is 0.667. The first-order valence-corrected chi connectivity index (χ1v) is 4.05. The topological polar surface area (TPSA) is 26.3 Å². The van der Waals surface area contributed by atoms with Crippen LogP contribution >= 0.6 is 0 Å². The molecule has 11 heavy (non-hydrogen) atoms. The van der Waals surface area contributed by atoms with Crippen molar-refractivity contribution in [2.45, 2.75) is 27.2 Å². The van der Waals surface area contributed by atoms with Crippen molar-refractivity contribution in [2.75, 3.05) is 6.61 Å². The van der Waals surface area contributed by atoms with Crippen LogP contribution in [0.3, 0.4) is 0 Å². The fourth-order valence-electron chi connectivity index (χ4n) is 0.569. The zero-order valence-electron chi connectivity index (χ0n) is 7.46. The van der Waals surface area contributed by atoms with Gasteiger partial charge in [-0.1, -0.05) is 26.3 Å². The first-order valence-electron chi connectivity index (χ1n) is 4.05. The maximum atomic E-state index is 10.8. The molecule has 0 spiro atoms. The molecule has 2 nitrogen and oxygen atoms in total. The Labute approximate surface area is 68.2 Å². The Morgan fingerprint density at radius 3 is 2.64 bits per heavy atom. The van der Waals surface area contributed by atoms with Gasteiger partial charge in [-0.15, -0.1) is 0 Å². The predicted octanol–water partition coefficient (Wildman–Crippen LogP) is 2.15. The smallest absolute Gasteiger partial charge is 0.330 e. The molecular weight excluding hydrogens is 140 g/mol. The molecule has 0 aliphatic rings. The quantitative estimate of drug-likeness (QED) is 0.460. The average molecular weight is 156 g/mol. The van der Waals surface area contributed by atoms with E-state index in [2.05, 4.69) is 13.8 Å². The molecule has 0 fully saturated rings. The minimum Gasteiger partial charge on any atom is -0.463 e. The van der Waals surface area contributed by atoms with E-state index in [1.807, 2.05) is 6.08 Å². The van der Waals surface area contributed by atoms with Crippen LogP contribution in [0.4, 0.5) is 0 Å².